The van der Waals surface area contributed by atoms with Crippen LogP contribution in [-0.4, -0.2) is 0 Å². The van der Waals surface area contributed by atoms with Crippen molar-refractivity contribution in [2.75, 3.05) is 0 Å². The van der Waals surface area contributed by atoms with E-state index in [-0.39, 0.29) is 0 Å². The van der Waals surface area contributed by atoms with E-state index in [2.05, 4.69) is 5.38 Å². The topological polar surface area (TPSA) is 13.1 Å². The van der Waals surface area contributed by atoms with E-state index in [0.29, 0.717) is 5.22 Å². The van der Waals surface area contributed by atoms with E-state index in [4.69, 9.17) is 16.0 Å². The first-order valence-corrected chi connectivity index (χ1v) is 4.16. The molecule has 3 heteroatoms. The highest BCUT2D eigenvalue weighted by molar-refractivity contribution is 7.17. The third-order valence-electron chi connectivity index (χ3n) is 1.39. The summed E-state index contributed by atoms with van der Waals surface area (Å²) in [6.45, 7) is 2.01. The lowest BCUT2D eigenvalue weighted by Crippen LogP contribution is -1.56. The molecular weight excluding hydrogens is 168 g/mol. The zero-order chi connectivity index (χ0) is 7.14. The van der Waals surface area contributed by atoms with Crippen LogP contribution in [0.2, 0.25) is 5.22 Å². The van der Waals surface area contributed by atoms with Gasteiger partial charge in [-0.15, -0.1) is 11.3 Å². The van der Waals surface area contributed by atoms with Gasteiger partial charge >= 0.3 is 0 Å². The average Bonchev–Trinajstić information content (AvgIpc) is 2.35. The number of hydrogen-bond acceptors (Lipinski definition) is 2. The zero-order valence-electron chi connectivity index (χ0n) is 5.35. The van der Waals surface area contributed by atoms with Crippen molar-refractivity contribution in [1.29, 1.82) is 0 Å². The summed E-state index contributed by atoms with van der Waals surface area (Å²) in [4.78, 5) is 0. The number of furan rings is 1. The second-order valence-electron chi connectivity index (χ2n) is 2.16. The summed E-state index contributed by atoms with van der Waals surface area (Å²) in [5, 5.41) is 2.54. The molecule has 0 fully saturated rings. The van der Waals surface area contributed by atoms with Gasteiger partial charge in [0.1, 0.15) is 5.58 Å². The third kappa shape index (κ3) is 0.762. The minimum absolute atomic E-state index is 0.477. The van der Waals surface area contributed by atoms with Gasteiger partial charge in [0.2, 0.25) is 0 Å². The van der Waals surface area contributed by atoms with Crippen molar-refractivity contribution >= 4 is 33.2 Å². The maximum Gasteiger partial charge on any atom is 0.195 e. The maximum atomic E-state index is 5.64. The molecular formula is C7H5ClOS. The van der Waals surface area contributed by atoms with Gasteiger partial charge in [-0.1, -0.05) is 0 Å². The van der Waals surface area contributed by atoms with Crippen LogP contribution in [0.15, 0.2) is 15.9 Å². The van der Waals surface area contributed by atoms with Crippen molar-refractivity contribution in [3.05, 3.63) is 22.2 Å². The predicted molar refractivity (Wildman–Crippen MR) is 43.8 cm³/mol. The van der Waals surface area contributed by atoms with E-state index < -0.39 is 0 Å². The molecule has 52 valence electrons. The van der Waals surface area contributed by atoms with Crippen LogP contribution in [-0.2, 0) is 0 Å². The van der Waals surface area contributed by atoms with Gasteiger partial charge in [-0.2, -0.15) is 0 Å². The molecule has 0 saturated carbocycles. The second-order valence-corrected chi connectivity index (χ2v) is 3.45. The van der Waals surface area contributed by atoms with Gasteiger partial charge in [0.05, 0.1) is 4.70 Å². The van der Waals surface area contributed by atoms with Gasteiger partial charge in [-0.3, -0.25) is 0 Å². The number of thiophene rings is 1. The van der Waals surface area contributed by atoms with Crippen LogP contribution in [0.25, 0.3) is 10.3 Å². The minimum atomic E-state index is 0.477. The molecule has 0 saturated heterocycles. The van der Waals surface area contributed by atoms with Crippen LogP contribution in [0.5, 0.6) is 0 Å². The van der Waals surface area contributed by atoms with Gasteiger partial charge < -0.3 is 4.42 Å². The Hall–Kier alpha value is -0.470. The number of rotatable bonds is 0. The molecule has 2 rings (SSSR count). The Bertz CT molecular complexity index is 360. The number of aryl methyl sites for hydroxylation is 1. The third-order valence-corrected chi connectivity index (χ3v) is 2.60. The van der Waals surface area contributed by atoms with Crippen molar-refractivity contribution in [1.82, 2.24) is 0 Å². The Labute approximate surface area is 67.2 Å². The van der Waals surface area contributed by atoms with E-state index in [1.807, 2.05) is 13.0 Å². The Morgan fingerprint density at radius 1 is 1.60 bits per heavy atom. The van der Waals surface area contributed by atoms with E-state index in [9.17, 15) is 0 Å². The predicted octanol–water partition coefficient (Wildman–Crippen LogP) is 3.46. The van der Waals surface area contributed by atoms with Crippen molar-refractivity contribution in [3.63, 3.8) is 0 Å². The molecule has 0 spiro atoms. The van der Waals surface area contributed by atoms with Crippen LogP contribution in [0.4, 0.5) is 0 Å². The smallest absolute Gasteiger partial charge is 0.195 e. The molecule has 0 bridgehead atoms. The first-order chi connectivity index (χ1) is 4.77. The first kappa shape index (κ1) is 6.25. The molecule has 0 aliphatic heterocycles. The summed E-state index contributed by atoms with van der Waals surface area (Å²) >= 11 is 7.29. The lowest BCUT2D eigenvalue weighted by molar-refractivity contribution is 0.616. The first-order valence-electron chi connectivity index (χ1n) is 2.90. The molecule has 10 heavy (non-hydrogen) atoms. The number of hydrogen-bond donors (Lipinski definition) is 0. The lowest BCUT2D eigenvalue weighted by Gasteiger charge is -1.78. The number of fused-ring (bicyclic) bond motifs is 1. The normalized spacial score (nSPS) is 11.0. The van der Waals surface area contributed by atoms with Crippen molar-refractivity contribution in [3.8, 4) is 0 Å². The zero-order valence-corrected chi connectivity index (χ0v) is 6.92. The molecule has 0 unspecified atom stereocenters. The fourth-order valence-corrected chi connectivity index (χ4v) is 2.06. The van der Waals surface area contributed by atoms with Crippen LogP contribution in [0.1, 0.15) is 5.56 Å². The molecule has 2 aromatic heterocycles. The monoisotopic (exact) mass is 172 g/mol. The minimum Gasteiger partial charge on any atom is -0.444 e. The lowest BCUT2D eigenvalue weighted by atomic mass is 10.3. The van der Waals surface area contributed by atoms with Crippen LogP contribution in [0.3, 0.4) is 0 Å². The second kappa shape index (κ2) is 2.01. The molecule has 0 radical (unpaired) electrons. The highest BCUT2D eigenvalue weighted by atomic mass is 35.5. The van der Waals surface area contributed by atoms with E-state index >= 15 is 0 Å². The largest absolute Gasteiger partial charge is 0.444 e. The van der Waals surface area contributed by atoms with Crippen molar-refractivity contribution < 1.29 is 4.42 Å². The molecule has 0 atom stereocenters. The molecule has 0 N–H and O–H groups in total. The van der Waals surface area contributed by atoms with Crippen LogP contribution in [0, 0.1) is 6.92 Å². The summed E-state index contributed by atoms with van der Waals surface area (Å²) < 4.78 is 6.34. The Morgan fingerprint density at radius 3 is 3.10 bits per heavy atom. The summed E-state index contributed by atoms with van der Waals surface area (Å²) in [5.74, 6) is 0. The average molecular weight is 173 g/mol. The van der Waals surface area contributed by atoms with Gasteiger partial charge in [-0.05, 0) is 23.9 Å². The Morgan fingerprint density at radius 2 is 2.40 bits per heavy atom. The maximum absolute atomic E-state index is 5.64. The van der Waals surface area contributed by atoms with Gasteiger partial charge in [0.15, 0.2) is 5.22 Å². The molecule has 0 amide bonds. The quantitative estimate of drug-likeness (QED) is 0.593. The Kier molecular flexibility index (Phi) is 1.25. The van der Waals surface area contributed by atoms with E-state index in [1.165, 1.54) is 0 Å². The highest BCUT2D eigenvalue weighted by Crippen LogP contribution is 2.30. The molecule has 2 heterocycles. The molecule has 1 nitrogen and oxygen atoms in total. The summed E-state index contributed by atoms with van der Waals surface area (Å²) in [5.41, 5.74) is 2.09. The fourth-order valence-electron chi connectivity index (χ4n) is 0.914. The molecule has 0 aromatic carbocycles. The van der Waals surface area contributed by atoms with Crippen molar-refractivity contribution in [2.45, 2.75) is 6.92 Å². The molecule has 0 aliphatic rings. The molecule has 0 aliphatic carbocycles. The fraction of sp³-hybridized carbons (Fsp3) is 0.143. The van der Waals surface area contributed by atoms with Crippen molar-refractivity contribution in [2.24, 2.45) is 0 Å². The van der Waals surface area contributed by atoms with Gasteiger partial charge in [0, 0.05) is 11.6 Å². The summed E-state index contributed by atoms with van der Waals surface area (Å²) in [6, 6.07) is 1.84. The highest BCUT2D eigenvalue weighted by Gasteiger charge is 2.04. The van der Waals surface area contributed by atoms with Gasteiger partial charge in [0.25, 0.3) is 0 Å². The van der Waals surface area contributed by atoms with Gasteiger partial charge in [-0.25, -0.2) is 0 Å². The standard InChI is InChI=1S/C7H5ClOS/c1-4-3-10-5-2-6(8)9-7(4)5/h2-3H,1H3. The summed E-state index contributed by atoms with van der Waals surface area (Å²) in [7, 11) is 0. The molecule has 2 aromatic rings. The number of halogens is 1. The Balaban J connectivity index is 2.90. The van der Waals surface area contributed by atoms with Crippen LogP contribution < -0.4 is 0 Å². The van der Waals surface area contributed by atoms with Crippen LogP contribution >= 0.6 is 22.9 Å². The SMILES string of the molecule is Cc1csc2cc(Cl)oc12. The van der Waals surface area contributed by atoms with E-state index in [0.717, 1.165) is 15.8 Å². The van der Waals surface area contributed by atoms with E-state index in [1.54, 1.807) is 11.3 Å². The summed E-state index contributed by atoms with van der Waals surface area (Å²) in [6.07, 6.45) is 0.